The molecule has 0 aromatic heterocycles. The molecule has 0 rings (SSSR count). The van der Waals surface area contributed by atoms with Crippen LogP contribution in [0.1, 0.15) is 19.3 Å². The Bertz CT molecular complexity index is 170. The van der Waals surface area contributed by atoms with Crippen molar-refractivity contribution in [2.75, 3.05) is 0 Å². The lowest BCUT2D eigenvalue weighted by atomic mass is 10.1. The minimum absolute atomic E-state index is 0.269. The van der Waals surface area contributed by atoms with Crippen molar-refractivity contribution in [1.82, 2.24) is 0 Å². The number of nitrogens with two attached hydrogens (primary N) is 1. The molecule has 0 saturated heterocycles. The minimum Gasteiger partial charge on any atom is -0.359 e. The number of nitroso groups, excluding NO2 is 1. The third kappa shape index (κ3) is 5.16. The second-order valence-electron chi connectivity index (χ2n) is 2.12. The van der Waals surface area contributed by atoms with Gasteiger partial charge < -0.3 is 5.73 Å². The van der Waals surface area contributed by atoms with Gasteiger partial charge in [0.15, 0.2) is 0 Å². The van der Waals surface area contributed by atoms with Gasteiger partial charge in [-0.05, 0) is 12.8 Å². The van der Waals surface area contributed by atoms with Crippen molar-refractivity contribution in [3.05, 3.63) is 17.6 Å². The summed E-state index contributed by atoms with van der Waals surface area (Å²) < 4.78 is 0. The van der Waals surface area contributed by atoms with Crippen molar-refractivity contribution in [3.63, 3.8) is 0 Å². The van der Waals surface area contributed by atoms with E-state index in [1.54, 1.807) is 6.08 Å². The fraction of sp³-hybridized carbons (Fsp3) is 0.500. The molecule has 2 N–H and O–H groups in total. The molecule has 0 aromatic carbocycles. The summed E-state index contributed by atoms with van der Waals surface area (Å²) in [4.78, 5) is 10.0. The first-order valence-corrected chi connectivity index (χ1v) is 3.48. The maximum Gasteiger partial charge on any atom is 0.110 e. The molecular weight excluding hydrogens is 140 g/mol. The lowest BCUT2D eigenvalue weighted by Gasteiger charge is -1.98. The van der Waals surface area contributed by atoms with Crippen LogP contribution in [0.2, 0.25) is 0 Å². The summed E-state index contributed by atoms with van der Waals surface area (Å²) >= 11 is 0. The molecule has 0 amide bonds. The van der Waals surface area contributed by atoms with Crippen LogP contribution in [0, 0.1) is 16.9 Å². The molecule has 0 heterocycles. The van der Waals surface area contributed by atoms with Crippen molar-refractivity contribution in [2.24, 2.45) is 10.9 Å². The fourth-order valence-electron chi connectivity index (χ4n) is 0.685. The summed E-state index contributed by atoms with van der Waals surface area (Å²) in [5.74, 6) is 2.70. The summed E-state index contributed by atoms with van der Waals surface area (Å²) in [5, 5.41) is 2.86. The zero-order valence-corrected chi connectivity index (χ0v) is 6.42. The van der Waals surface area contributed by atoms with E-state index in [0.29, 0.717) is 6.42 Å². The van der Waals surface area contributed by atoms with Crippen LogP contribution in [0.5, 0.6) is 0 Å². The van der Waals surface area contributed by atoms with Crippen molar-refractivity contribution in [3.8, 4) is 12.0 Å². The van der Waals surface area contributed by atoms with Crippen LogP contribution >= 0.6 is 0 Å². The Kier molecular flexibility index (Phi) is 6.01. The summed E-state index contributed by atoms with van der Waals surface area (Å²) in [6, 6.07) is 2.02. The number of nitrogens with zero attached hydrogens (tertiary/aromatic N) is 1. The van der Waals surface area contributed by atoms with Gasteiger partial charge in [-0.15, -0.1) is 6.58 Å². The number of hydrogen-bond acceptors (Lipinski definition) is 3. The van der Waals surface area contributed by atoms with Crippen LogP contribution < -0.4 is 5.73 Å². The van der Waals surface area contributed by atoms with Gasteiger partial charge in [0.2, 0.25) is 0 Å². The molecule has 0 unspecified atom stereocenters. The first kappa shape index (κ1) is 9.70. The Hall–Kier alpha value is -1.30. The molecule has 0 spiro atoms. The molecule has 0 aromatic rings. The van der Waals surface area contributed by atoms with E-state index < -0.39 is 0 Å². The fourth-order valence-corrected chi connectivity index (χ4v) is 0.685. The van der Waals surface area contributed by atoms with Crippen LogP contribution in [0.3, 0.4) is 0 Å². The largest absolute Gasteiger partial charge is 0.359 e. The van der Waals surface area contributed by atoms with Gasteiger partial charge in [-0.25, -0.2) is 0 Å². The van der Waals surface area contributed by atoms with Gasteiger partial charge in [0, 0.05) is 12.5 Å². The summed E-state index contributed by atoms with van der Waals surface area (Å²) in [6.45, 7) is 3.48. The van der Waals surface area contributed by atoms with Gasteiger partial charge in [0.1, 0.15) is 6.04 Å². The van der Waals surface area contributed by atoms with Gasteiger partial charge in [0.25, 0.3) is 0 Å². The van der Waals surface area contributed by atoms with E-state index in [0.717, 1.165) is 12.8 Å². The summed E-state index contributed by atoms with van der Waals surface area (Å²) in [7, 11) is 0. The van der Waals surface area contributed by atoms with Crippen molar-refractivity contribution >= 4 is 0 Å². The van der Waals surface area contributed by atoms with Gasteiger partial charge >= 0.3 is 0 Å². The molecule has 0 aliphatic carbocycles. The van der Waals surface area contributed by atoms with Gasteiger partial charge in [-0.2, -0.15) is 4.91 Å². The molecule has 0 aliphatic rings. The Morgan fingerprint density at radius 2 is 2.45 bits per heavy atom. The molecule has 3 heteroatoms. The smallest absolute Gasteiger partial charge is 0.110 e. The topological polar surface area (TPSA) is 55.4 Å². The zero-order chi connectivity index (χ0) is 8.53. The molecule has 0 fully saturated rings. The van der Waals surface area contributed by atoms with Crippen LogP contribution in [-0.4, -0.2) is 6.04 Å². The first-order chi connectivity index (χ1) is 5.35. The monoisotopic (exact) mass is 152 g/mol. The third-order valence-electron chi connectivity index (χ3n) is 1.31. The molecule has 11 heavy (non-hydrogen) atoms. The molecule has 0 bridgehead atoms. The van der Waals surface area contributed by atoms with Crippen LogP contribution in [0.15, 0.2) is 17.8 Å². The van der Waals surface area contributed by atoms with E-state index >= 15 is 0 Å². The maximum absolute atomic E-state index is 10.0. The predicted molar refractivity (Wildman–Crippen MR) is 45.6 cm³/mol. The average Bonchev–Trinajstić information content (AvgIpc) is 2.05. The molecule has 0 radical (unpaired) electrons. The van der Waals surface area contributed by atoms with E-state index in [-0.39, 0.29) is 6.04 Å². The van der Waals surface area contributed by atoms with Crippen molar-refractivity contribution < 1.29 is 0 Å². The van der Waals surface area contributed by atoms with Gasteiger partial charge in [-0.1, -0.05) is 17.2 Å². The molecule has 0 aliphatic heterocycles. The second kappa shape index (κ2) is 6.81. The lowest BCUT2D eigenvalue weighted by molar-refractivity contribution is 0.678. The Balaban J connectivity index is 3.40. The molecular formula is C8H12N2O. The van der Waals surface area contributed by atoms with Crippen LogP contribution in [-0.2, 0) is 0 Å². The Morgan fingerprint density at radius 3 is 2.91 bits per heavy atom. The van der Waals surface area contributed by atoms with E-state index in [4.69, 9.17) is 5.73 Å². The third-order valence-corrected chi connectivity index (χ3v) is 1.31. The van der Waals surface area contributed by atoms with Crippen LogP contribution in [0.4, 0.5) is 0 Å². The highest BCUT2D eigenvalue weighted by atomic mass is 16.3. The zero-order valence-electron chi connectivity index (χ0n) is 6.42. The molecule has 60 valence electrons. The lowest BCUT2D eigenvalue weighted by Crippen LogP contribution is -1.97. The Morgan fingerprint density at radius 1 is 1.73 bits per heavy atom. The first-order valence-electron chi connectivity index (χ1n) is 3.48. The van der Waals surface area contributed by atoms with Crippen molar-refractivity contribution in [2.45, 2.75) is 25.3 Å². The molecule has 1 atom stereocenters. The van der Waals surface area contributed by atoms with E-state index in [2.05, 4.69) is 23.7 Å². The van der Waals surface area contributed by atoms with E-state index in [1.807, 2.05) is 0 Å². The number of rotatable bonds is 5. The standard InChI is InChI=1S/C8H12N2O/c1-2-8(10-11)6-4-3-5-7-9/h2,8H,1,3-4,6,9H2/t8-/m0/s1. The maximum atomic E-state index is 10.0. The highest BCUT2D eigenvalue weighted by molar-refractivity contribution is 4.94. The predicted octanol–water partition coefficient (Wildman–Crippen LogP) is 1.40. The second-order valence-corrected chi connectivity index (χ2v) is 2.12. The van der Waals surface area contributed by atoms with Crippen molar-refractivity contribution in [1.29, 1.82) is 0 Å². The van der Waals surface area contributed by atoms with E-state index in [9.17, 15) is 4.91 Å². The average molecular weight is 152 g/mol. The molecule has 3 nitrogen and oxygen atoms in total. The quantitative estimate of drug-likeness (QED) is 0.213. The highest BCUT2D eigenvalue weighted by Gasteiger charge is 2.00. The number of unbranched alkanes of at least 4 members (excludes halogenated alkanes) is 1. The summed E-state index contributed by atoms with van der Waals surface area (Å²) in [5.41, 5.74) is 4.94. The SMILES string of the molecule is C=C[C@@H](CCCC#CN)N=O. The number of hydrogen-bond donors (Lipinski definition) is 1. The highest BCUT2D eigenvalue weighted by Crippen LogP contribution is 2.04. The normalized spacial score (nSPS) is 10.9. The molecule has 0 saturated carbocycles. The van der Waals surface area contributed by atoms with Gasteiger partial charge in [-0.3, -0.25) is 0 Å². The summed E-state index contributed by atoms with van der Waals surface area (Å²) in [6.07, 6.45) is 3.81. The van der Waals surface area contributed by atoms with Gasteiger partial charge in [0.05, 0.1) is 0 Å². The van der Waals surface area contributed by atoms with E-state index in [1.165, 1.54) is 0 Å². The Labute approximate surface area is 66.6 Å². The van der Waals surface area contributed by atoms with Crippen LogP contribution in [0.25, 0.3) is 0 Å². The minimum atomic E-state index is -0.269.